The molecule has 3 aromatic rings. The fourth-order valence-corrected chi connectivity index (χ4v) is 6.17. The van der Waals surface area contributed by atoms with Crippen LogP contribution in [0.2, 0.25) is 5.02 Å². The van der Waals surface area contributed by atoms with Gasteiger partial charge in [0.2, 0.25) is 10.0 Å². The molecule has 7 nitrogen and oxygen atoms in total. The minimum atomic E-state index is -3.77. The summed E-state index contributed by atoms with van der Waals surface area (Å²) < 4.78 is 33.0. The average Bonchev–Trinajstić information content (AvgIpc) is 3.45. The van der Waals surface area contributed by atoms with E-state index in [1.165, 1.54) is 16.6 Å². The number of benzene rings is 1. The molecule has 0 radical (unpaired) electrons. The van der Waals surface area contributed by atoms with Gasteiger partial charge in [0.05, 0.1) is 12.8 Å². The number of nitrogens with one attached hydrogen (secondary N) is 1. The number of carbonyl (C=O) groups is 1. The molecule has 2 aromatic heterocycles. The van der Waals surface area contributed by atoms with Crippen molar-refractivity contribution in [3.63, 3.8) is 0 Å². The Morgan fingerprint density at radius 1 is 1.10 bits per heavy atom. The molecule has 0 atom stereocenters. The number of halogens is 1. The van der Waals surface area contributed by atoms with Crippen LogP contribution in [0, 0.1) is 0 Å². The lowest BCUT2D eigenvalue weighted by Gasteiger charge is -2.35. The Balaban J connectivity index is 1.43. The second-order valence-electron chi connectivity index (χ2n) is 6.74. The highest BCUT2D eigenvalue weighted by Crippen LogP contribution is 2.27. The summed E-state index contributed by atoms with van der Waals surface area (Å²) in [6.07, 6.45) is 1.52. The normalized spacial score (nSPS) is 15.3. The van der Waals surface area contributed by atoms with Gasteiger partial charge in [-0.2, -0.15) is 4.31 Å². The summed E-state index contributed by atoms with van der Waals surface area (Å²) in [5.74, 6) is 0.169. The molecule has 10 heteroatoms. The van der Waals surface area contributed by atoms with E-state index in [1.54, 1.807) is 17.5 Å². The van der Waals surface area contributed by atoms with E-state index in [1.807, 2.05) is 24.3 Å². The van der Waals surface area contributed by atoms with E-state index < -0.39 is 15.9 Å². The van der Waals surface area contributed by atoms with E-state index in [2.05, 4.69) is 10.2 Å². The van der Waals surface area contributed by atoms with Crippen LogP contribution in [0.3, 0.4) is 0 Å². The summed E-state index contributed by atoms with van der Waals surface area (Å²) in [6.45, 7) is 2.00. The number of nitrogens with zero attached hydrogens (tertiary/aromatic N) is 2. The van der Waals surface area contributed by atoms with Gasteiger partial charge in [-0.05, 0) is 47.8 Å². The third kappa shape index (κ3) is 4.39. The fourth-order valence-electron chi connectivity index (χ4n) is 3.30. The third-order valence-corrected chi connectivity index (χ3v) is 8.12. The van der Waals surface area contributed by atoms with Crippen molar-refractivity contribution in [2.45, 2.75) is 11.4 Å². The van der Waals surface area contributed by atoms with E-state index in [0.717, 1.165) is 17.0 Å². The number of piperazine rings is 1. The molecule has 0 aliphatic carbocycles. The van der Waals surface area contributed by atoms with Crippen LogP contribution in [0.25, 0.3) is 0 Å². The lowest BCUT2D eigenvalue weighted by molar-refractivity contribution is 0.0949. The first-order chi connectivity index (χ1) is 14.4. The standard InChI is InChI=1S/C20H20ClN3O4S2/c21-15-3-5-16(6-4-15)23-8-10-24(11-9-23)30(26,27)18-7-13-29-19(18)20(25)22-14-17-2-1-12-28-17/h1-7,12-13H,8-11,14H2,(H,22,25). The summed E-state index contributed by atoms with van der Waals surface area (Å²) in [6, 6.07) is 12.4. The monoisotopic (exact) mass is 465 g/mol. The first-order valence-corrected chi connectivity index (χ1v) is 12.0. The molecule has 0 bridgehead atoms. The molecular weight excluding hydrogens is 446 g/mol. The second kappa shape index (κ2) is 8.81. The van der Waals surface area contributed by atoms with Gasteiger partial charge in [-0.1, -0.05) is 11.6 Å². The number of sulfonamides is 1. The zero-order valence-corrected chi connectivity index (χ0v) is 18.3. The molecule has 158 valence electrons. The number of furan rings is 1. The molecule has 1 fully saturated rings. The Hall–Kier alpha value is -2.33. The van der Waals surface area contributed by atoms with Gasteiger partial charge in [0.15, 0.2) is 0 Å². The molecule has 1 N–H and O–H groups in total. The van der Waals surface area contributed by atoms with Crippen molar-refractivity contribution < 1.29 is 17.6 Å². The Kier molecular flexibility index (Phi) is 6.14. The van der Waals surface area contributed by atoms with Gasteiger partial charge >= 0.3 is 0 Å². The first-order valence-electron chi connectivity index (χ1n) is 9.34. The Labute approximate surface area is 183 Å². The number of hydrogen-bond acceptors (Lipinski definition) is 6. The fraction of sp³-hybridized carbons (Fsp3) is 0.250. The molecule has 0 saturated carbocycles. The zero-order valence-electron chi connectivity index (χ0n) is 16.0. The minimum Gasteiger partial charge on any atom is -0.467 e. The molecule has 1 amide bonds. The van der Waals surface area contributed by atoms with E-state index in [0.29, 0.717) is 37.0 Å². The number of thiophene rings is 1. The lowest BCUT2D eigenvalue weighted by Crippen LogP contribution is -2.48. The topological polar surface area (TPSA) is 82.9 Å². The van der Waals surface area contributed by atoms with Crippen LogP contribution in [0.1, 0.15) is 15.4 Å². The summed E-state index contributed by atoms with van der Waals surface area (Å²) >= 11 is 7.05. The molecule has 3 heterocycles. The molecular formula is C20H20ClN3O4S2. The Bertz CT molecular complexity index is 1100. The highest BCUT2D eigenvalue weighted by Gasteiger charge is 2.32. The SMILES string of the molecule is O=C(NCc1ccco1)c1sccc1S(=O)(=O)N1CCN(c2ccc(Cl)cc2)CC1. The van der Waals surface area contributed by atoms with Crippen LogP contribution in [0.5, 0.6) is 0 Å². The van der Waals surface area contributed by atoms with Gasteiger partial charge in [-0.3, -0.25) is 4.79 Å². The number of amides is 1. The van der Waals surface area contributed by atoms with Crippen LogP contribution < -0.4 is 10.2 Å². The highest BCUT2D eigenvalue weighted by molar-refractivity contribution is 7.89. The van der Waals surface area contributed by atoms with Crippen LogP contribution in [-0.2, 0) is 16.6 Å². The van der Waals surface area contributed by atoms with Crippen molar-refractivity contribution in [1.29, 1.82) is 0 Å². The maximum Gasteiger partial charge on any atom is 0.263 e. The molecule has 1 aliphatic heterocycles. The van der Waals surface area contributed by atoms with Gasteiger partial charge in [0.1, 0.15) is 15.5 Å². The Morgan fingerprint density at radius 3 is 2.50 bits per heavy atom. The second-order valence-corrected chi connectivity index (χ2v) is 10.0. The maximum atomic E-state index is 13.2. The number of hydrogen-bond donors (Lipinski definition) is 1. The maximum absolute atomic E-state index is 13.2. The summed E-state index contributed by atoms with van der Waals surface area (Å²) in [5, 5.41) is 5.00. The number of anilines is 1. The van der Waals surface area contributed by atoms with Crippen molar-refractivity contribution in [3.05, 3.63) is 69.8 Å². The highest BCUT2D eigenvalue weighted by atomic mass is 35.5. The van der Waals surface area contributed by atoms with Crippen molar-refractivity contribution in [2.75, 3.05) is 31.1 Å². The smallest absolute Gasteiger partial charge is 0.263 e. The quantitative estimate of drug-likeness (QED) is 0.603. The Morgan fingerprint density at radius 2 is 1.83 bits per heavy atom. The van der Waals surface area contributed by atoms with Gasteiger partial charge in [0, 0.05) is 36.9 Å². The average molecular weight is 466 g/mol. The van der Waals surface area contributed by atoms with Crippen LogP contribution in [-0.4, -0.2) is 44.8 Å². The molecule has 4 rings (SSSR count). The van der Waals surface area contributed by atoms with E-state index in [9.17, 15) is 13.2 Å². The van der Waals surface area contributed by atoms with E-state index >= 15 is 0 Å². The van der Waals surface area contributed by atoms with Gasteiger partial charge in [-0.15, -0.1) is 11.3 Å². The first kappa shape index (κ1) is 20.9. The summed E-state index contributed by atoms with van der Waals surface area (Å²) in [4.78, 5) is 14.9. The number of carbonyl (C=O) groups excluding carboxylic acids is 1. The van der Waals surface area contributed by atoms with Crippen molar-refractivity contribution in [1.82, 2.24) is 9.62 Å². The predicted octanol–water partition coefficient (Wildman–Crippen LogP) is 3.44. The molecule has 0 unspecified atom stereocenters. The van der Waals surface area contributed by atoms with Gasteiger partial charge in [0.25, 0.3) is 5.91 Å². The van der Waals surface area contributed by atoms with E-state index in [4.69, 9.17) is 16.0 Å². The zero-order chi connectivity index (χ0) is 21.1. The summed E-state index contributed by atoms with van der Waals surface area (Å²) in [7, 11) is -3.77. The molecule has 1 saturated heterocycles. The van der Waals surface area contributed by atoms with Gasteiger partial charge < -0.3 is 14.6 Å². The molecule has 30 heavy (non-hydrogen) atoms. The van der Waals surface area contributed by atoms with Crippen LogP contribution >= 0.6 is 22.9 Å². The summed E-state index contributed by atoms with van der Waals surface area (Å²) in [5.41, 5.74) is 1.00. The van der Waals surface area contributed by atoms with E-state index in [-0.39, 0.29) is 16.3 Å². The molecule has 0 spiro atoms. The van der Waals surface area contributed by atoms with Crippen molar-refractivity contribution in [2.24, 2.45) is 0 Å². The minimum absolute atomic E-state index is 0.0457. The van der Waals surface area contributed by atoms with Crippen molar-refractivity contribution >= 4 is 44.6 Å². The lowest BCUT2D eigenvalue weighted by atomic mass is 10.2. The van der Waals surface area contributed by atoms with Crippen LogP contribution in [0.4, 0.5) is 5.69 Å². The largest absolute Gasteiger partial charge is 0.467 e. The molecule has 1 aliphatic rings. The van der Waals surface area contributed by atoms with Crippen LogP contribution in [0.15, 0.2) is 63.4 Å². The van der Waals surface area contributed by atoms with Gasteiger partial charge in [-0.25, -0.2) is 8.42 Å². The predicted molar refractivity (Wildman–Crippen MR) is 117 cm³/mol. The number of rotatable bonds is 6. The van der Waals surface area contributed by atoms with Crippen molar-refractivity contribution in [3.8, 4) is 0 Å². The third-order valence-electron chi connectivity index (χ3n) is 4.89. The molecule has 1 aromatic carbocycles.